The maximum Gasteiger partial charge on any atom is 0.300 e. The molecule has 0 aliphatic rings. The third-order valence-corrected chi connectivity index (χ3v) is 2.08. The minimum absolute atomic E-state index is 0.173. The Balaban J connectivity index is 2.16. The van der Waals surface area contributed by atoms with Gasteiger partial charge in [0, 0.05) is 6.61 Å². The molecule has 0 radical (unpaired) electrons. The average Bonchev–Trinajstić information content (AvgIpc) is 2.81. The number of carbonyl (C=O) groups excluding carboxylic acids is 1. The lowest BCUT2D eigenvalue weighted by molar-refractivity contribution is 0.0261. The minimum atomic E-state index is -0.457. The molecule has 6 heteroatoms. The van der Waals surface area contributed by atoms with Crippen LogP contribution in [0.4, 0.5) is 0 Å². The molecule has 0 aliphatic carbocycles. The first-order chi connectivity index (χ1) is 8.63. The van der Waals surface area contributed by atoms with Crippen LogP contribution in [0.15, 0.2) is 16.5 Å². The largest absolute Gasteiger partial charge is 0.453 e. The summed E-state index contributed by atoms with van der Waals surface area (Å²) in [5, 5.41) is 0. The van der Waals surface area contributed by atoms with Crippen molar-refractivity contribution in [3.8, 4) is 0 Å². The van der Waals surface area contributed by atoms with Crippen molar-refractivity contribution in [1.82, 2.24) is 5.43 Å². The first-order valence-electron chi connectivity index (χ1n) is 5.88. The molecule has 1 aromatic rings. The number of nitrogen functional groups attached to an aromatic ring is 1. The number of nitrogens with two attached hydrogens (primary N) is 1. The molecule has 102 valence electrons. The molecule has 1 amide bonds. The summed E-state index contributed by atoms with van der Waals surface area (Å²) in [5.41, 5.74) is 2.00. The lowest BCUT2D eigenvalue weighted by Gasteiger charge is -2.06. The smallest absolute Gasteiger partial charge is 0.300 e. The van der Waals surface area contributed by atoms with Crippen LogP contribution in [0.1, 0.15) is 30.2 Å². The van der Waals surface area contributed by atoms with E-state index in [2.05, 4.69) is 13.8 Å². The molecule has 0 unspecified atom stereocenters. The maximum atomic E-state index is 11.1. The average molecular weight is 256 g/mol. The van der Waals surface area contributed by atoms with Gasteiger partial charge in [-0.05, 0) is 18.1 Å². The van der Waals surface area contributed by atoms with Crippen LogP contribution in [-0.4, -0.2) is 25.7 Å². The third kappa shape index (κ3) is 5.31. The molecule has 0 saturated heterocycles. The van der Waals surface area contributed by atoms with Gasteiger partial charge in [0.15, 0.2) is 5.76 Å². The van der Waals surface area contributed by atoms with E-state index in [4.69, 9.17) is 19.7 Å². The van der Waals surface area contributed by atoms with E-state index >= 15 is 0 Å². The van der Waals surface area contributed by atoms with Crippen LogP contribution in [0.3, 0.4) is 0 Å². The second-order valence-electron chi connectivity index (χ2n) is 4.26. The molecule has 0 fully saturated rings. The number of amides is 1. The van der Waals surface area contributed by atoms with Gasteiger partial charge in [0.2, 0.25) is 0 Å². The molecule has 1 heterocycles. The zero-order chi connectivity index (χ0) is 13.4. The van der Waals surface area contributed by atoms with Gasteiger partial charge in [-0.1, -0.05) is 13.8 Å². The lowest BCUT2D eigenvalue weighted by atomic mass is 10.2. The Morgan fingerprint density at radius 2 is 2.11 bits per heavy atom. The number of rotatable bonds is 8. The Morgan fingerprint density at radius 3 is 2.78 bits per heavy atom. The Hall–Kier alpha value is -1.37. The van der Waals surface area contributed by atoms with E-state index in [0.29, 0.717) is 31.5 Å². The van der Waals surface area contributed by atoms with Gasteiger partial charge in [0.25, 0.3) is 0 Å². The molecule has 1 rings (SSSR count). The molecular weight excluding hydrogens is 236 g/mol. The van der Waals surface area contributed by atoms with Crippen LogP contribution in [-0.2, 0) is 16.1 Å². The molecule has 0 aromatic carbocycles. The predicted octanol–water partition coefficient (Wildman–Crippen LogP) is 1.07. The second kappa shape index (κ2) is 7.86. The van der Waals surface area contributed by atoms with Crippen molar-refractivity contribution in [2.24, 2.45) is 11.8 Å². The summed E-state index contributed by atoms with van der Waals surface area (Å²) in [6, 6.07) is 3.23. The Kier molecular flexibility index (Phi) is 6.42. The highest BCUT2D eigenvalue weighted by molar-refractivity contribution is 5.90. The minimum Gasteiger partial charge on any atom is -0.453 e. The Morgan fingerprint density at radius 1 is 1.39 bits per heavy atom. The number of carbonyl (C=O) groups is 1. The summed E-state index contributed by atoms with van der Waals surface area (Å²) < 4.78 is 15.9. The molecule has 3 N–H and O–H groups in total. The predicted molar refractivity (Wildman–Crippen MR) is 65.7 cm³/mol. The summed E-state index contributed by atoms with van der Waals surface area (Å²) >= 11 is 0. The van der Waals surface area contributed by atoms with Crippen LogP contribution in [0, 0.1) is 5.92 Å². The zero-order valence-corrected chi connectivity index (χ0v) is 10.8. The fraction of sp³-hybridized carbons (Fsp3) is 0.583. The van der Waals surface area contributed by atoms with E-state index in [0.717, 1.165) is 6.61 Å². The molecule has 0 aliphatic heterocycles. The standard InChI is InChI=1S/C12H20N2O4/c1-9(2)7-16-5-6-17-8-10-3-4-11(18-10)12(15)14-13/h3-4,9H,5-8,13H2,1-2H3,(H,14,15). The molecule has 0 atom stereocenters. The van der Waals surface area contributed by atoms with E-state index in [-0.39, 0.29) is 5.76 Å². The first kappa shape index (κ1) is 14.7. The number of hydrogen-bond acceptors (Lipinski definition) is 5. The van der Waals surface area contributed by atoms with Crippen LogP contribution >= 0.6 is 0 Å². The van der Waals surface area contributed by atoms with Crippen LogP contribution < -0.4 is 11.3 Å². The SMILES string of the molecule is CC(C)COCCOCc1ccc(C(=O)NN)o1. The fourth-order valence-corrected chi connectivity index (χ4v) is 1.26. The van der Waals surface area contributed by atoms with Gasteiger partial charge in [0.05, 0.1) is 13.2 Å². The Labute approximate surface area is 106 Å². The van der Waals surface area contributed by atoms with Crippen molar-refractivity contribution in [3.63, 3.8) is 0 Å². The van der Waals surface area contributed by atoms with Crippen molar-refractivity contribution in [1.29, 1.82) is 0 Å². The molecule has 0 bridgehead atoms. The number of hydrazine groups is 1. The molecule has 1 aromatic heterocycles. The van der Waals surface area contributed by atoms with Crippen molar-refractivity contribution in [3.05, 3.63) is 23.7 Å². The summed E-state index contributed by atoms with van der Waals surface area (Å²) in [5.74, 6) is 5.80. The summed E-state index contributed by atoms with van der Waals surface area (Å²) in [6.45, 7) is 6.26. The Bertz CT molecular complexity index is 363. The summed E-state index contributed by atoms with van der Waals surface area (Å²) in [4.78, 5) is 11.1. The fourth-order valence-electron chi connectivity index (χ4n) is 1.26. The quantitative estimate of drug-likeness (QED) is 0.314. The molecule has 0 saturated carbocycles. The normalized spacial score (nSPS) is 10.9. The topological polar surface area (TPSA) is 86.7 Å². The van der Waals surface area contributed by atoms with E-state index in [1.807, 2.05) is 5.43 Å². The van der Waals surface area contributed by atoms with Crippen molar-refractivity contribution in [2.45, 2.75) is 20.5 Å². The summed E-state index contributed by atoms with van der Waals surface area (Å²) in [6.07, 6.45) is 0. The van der Waals surface area contributed by atoms with Crippen molar-refractivity contribution >= 4 is 5.91 Å². The van der Waals surface area contributed by atoms with Gasteiger partial charge in [-0.2, -0.15) is 0 Å². The molecule has 18 heavy (non-hydrogen) atoms. The molecular formula is C12H20N2O4. The highest BCUT2D eigenvalue weighted by atomic mass is 16.5. The van der Waals surface area contributed by atoms with Crippen LogP contribution in [0.25, 0.3) is 0 Å². The number of nitrogens with one attached hydrogen (secondary N) is 1. The van der Waals surface area contributed by atoms with E-state index in [9.17, 15) is 4.79 Å². The molecule has 0 spiro atoms. The van der Waals surface area contributed by atoms with E-state index < -0.39 is 5.91 Å². The third-order valence-electron chi connectivity index (χ3n) is 2.08. The second-order valence-corrected chi connectivity index (χ2v) is 4.26. The lowest BCUT2D eigenvalue weighted by Crippen LogP contribution is -2.29. The summed E-state index contributed by atoms with van der Waals surface area (Å²) in [7, 11) is 0. The van der Waals surface area contributed by atoms with Gasteiger partial charge in [-0.25, -0.2) is 5.84 Å². The van der Waals surface area contributed by atoms with E-state index in [1.54, 1.807) is 12.1 Å². The van der Waals surface area contributed by atoms with Gasteiger partial charge in [-0.3, -0.25) is 10.2 Å². The van der Waals surface area contributed by atoms with Crippen molar-refractivity contribution < 1.29 is 18.7 Å². The highest BCUT2D eigenvalue weighted by Crippen LogP contribution is 2.08. The van der Waals surface area contributed by atoms with Crippen molar-refractivity contribution in [2.75, 3.05) is 19.8 Å². The number of ether oxygens (including phenoxy) is 2. The zero-order valence-electron chi connectivity index (χ0n) is 10.8. The monoisotopic (exact) mass is 256 g/mol. The highest BCUT2D eigenvalue weighted by Gasteiger charge is 2.09. The maximum absolute atomic E-state index is 11.1. The van der Waals surface area contributed by atoms with Gasteiger partial charge < -0.3 is 13.9 Å². The number of furan rings is 1. The van der Waals surface area contributed by atoms with Gasteiger partial charge >= 0.3 is 5.91 Å². The first-order valence-corrected chi connectivity index (χ1v) is 5.88. The van der Waals surface area contributed by atoms with Crippen LogP contribution in [0.2, 0.25) is 0 Å². The number of hydrogen-bond donors (Lipinski definition) is 2. The van der Waals surface area contributed by atoms with E-state index in [1.165, 1.54) is 0 Å². The van der Waals surface area contributed by atoms with Crippen LogP contribution in [0.5, 0.6) is 0 Å². The molecule has 6 nitrogen and oxygen atoms in total. The van der Waals surface area contributed by atoms with Gasteiger partial charge in [0.1, 0.15) is 12.4 Å². The van der Waals surface area contributed by atoms with Gasteiger partial charge in [-0.15, -0.1) is 0 Å².